The highest BCUT2D eigenvalue weighted by molar-refractivity contribution is 7.93. The molecule has 0 amide bonds. The molecule has 0 unspecified atom stereocenters. The molecule has 2 N–H and O–H groups in total. The number of aryl methyl sites for hydroxylation is 2. The van der Waals surface area contributed by atoms with Gasteiger partial charge in [-0.1, -0.05) is 6.92 Å². The van der Waals surface area contributed by atoms with Gasteiger partial charge >= 0.3 is 5.97 Å². The third-order valence-corrected chi connectivity index (χ3v) is 5.02. The summed E-state index contributed by atoms with van der Waals surface area (Å²) >= 11 is 1.26. The highest BCUT2D eigenvalue weighted by Crippen LogP contribution is 2.24. The number of aliphatic carboxylic acids is 1. The number of thiazole rings is 1. The van der Waals surface area contributed by atoms with Crippen LogP contribution in [0.4, 0.5) is 5.13 Å². The Hall–Kier alpha value is -1.94. The van der Waals surface area contributed by atoms with Crippen molar-refractivity contribution in [3.8, 4) is 0 Å². The van der Waals surface area contributed by atoms with E-state index in [1.54, 1.807) is 0 Å². The van der Waals surface area contributed by atoms with Crippen molar-refractivity contribution in [3.63, 3.8) is 0 Å². The van der Waals surface area contributed by atoms with Crippen molar-refractivity contribution in [2.24, 2.45) is 0 Å². The summed E-state index contributed by atoms with van der Waals surface area (Å²) in [6.07, 6.45) is 2.99. The van der Waals surface area contributed by atoms with E-state index in [9.17, 15) is 13.2 Å². The zero-order valence-corrected chi connectivity index (χ0v) is 13.0. The number of hydrogen-bond donors (Lipinski definition) is 2. The fourth-order valence-electron chi connectivity index (χ4n) is 1.68. The normalized spacial score (nSPS) is 11.5. The number of aromatic nitrogens is 3. The minimum absolute atomic E-state index is 0.102. The van der Waals surface area contributed by atoms with E-state index in [0.717, 1.165) is 34.1 Å². The lowest BCUT2D eigenvalue weighted by atomic mass is 10.3. The fraction of sp³-hybridized carbons (Fsp3) is 0.364. The van der Waals surface area contributed by atoms with Crippen molar-refractivity contribution in [1.82, 2.24) is 14.8 Å². The van der Waals surface area contributed by atoms with Crippen LogP contribution >= 0.6 is 11.3 Å². The summed E-state index contributed by atoms with van der Waals surface area (Å²) in [5, 5.41) is 12.6. The van der Waals surface area contributed by atoms with Gasteiger partial charge in [0.25, 0.3) is 10.0 Å². The molecule has 0 aliphatic heterocycles. The number of nitrogens with zero attached hydrogens (tertiary/aromatic N) is 3. The van der Waals surface area contributed by atoms with Gasteiger partial charge in [0.15, 0.2) is 5.13 Å². The second-order valence-corrected chi connectivity index (χ2v) is 7.13. The number of hydrogen-bond acceptors (Lipinski definition) is 6. The highest BCUT2D eigenvalue weighted by Gasteiger charge is 2.19. The maximum Gasteiger partial charge on any atom is 0.325 e. The largest absolute Gasteiger partial charge is 0.480 e. The van der Waals surface area contributed by atoms with Gasteiger partial charge < -0.3 is 5.11 Å². The monoisotopic (exact) mass is 330 g/mol. The Morgan fingerprint density at radius 1 is 1.52 bits per heavy atom. The van der Waals surface area contributed by atoms with Crippen LogP contribution in [0.15, 0.2) is 17.3 Å². The molecular formula is C11H14N4O4S2. The maximum atomic E-state index is 12.2. The topological polar surface area (TPSA) is 114 Å². The third kappa shape index (κ3) is 3.58. The fourth-order valence-corrected chi connectivity index (χ4v) is 3.77. The summed E-state index contributed by atoms with van der Waals surface area (Å²) < 4.78 is 27.7. The van der Waals surface area contributed by atoms with E-state index in [1.807, 2.05) is 13.8 Å². The van der Waals surface area contributed by atoms with Crippen LogP contribution in [-0.4, -0.2) is 34.3 Å². The lowest BCUT2D eigenvalue weighted by Gasteiger charge is -2.01. The Morgan fingerprint density at radius 2 is 2.24 bits per heavy atom. The van der Waals surface area contributed by atoms with Gasteiger partial charge in [0.05, 0.1) is 11.9 Å². The van der Waals surface area contributed by atoms with Crippen LogP contribution in [0.1, 0.15) is 17.5 Å². The Balaban J connectivity index is 2.21. The van der Waals surface area contributed by atoms with Crippen molar-refractivity contribution in [2.75, 3.05) is 4.72 Å². The van der Waals surface area contributed by atoms with E-state index in [1.165, 1.54) is 11.3 Å². The van der Waals surface area contributed by atoms with Crippen LogP contribution in [0.2, 0.25) is 0 Å². The van der Waals surface area contributed by atoms with Crippen molar-refractivity contribution in [1.29, 1.82) is 0 Å². The minimum Gasteiger partial charge on any atom is -0.480 e. The molecule has 0 spiro atoms. The second kappa shape index (κ2) is 5.82. The number of carbonyl (C=O) groups is 1. The molecule has 0 aromatic carbocycles. The SMILES string of the molecule is CCc1nc(NS(=O)(=O)c2cnn(CC(=O)O)c2)sc1C. The van der Waals surface area contributed by atoms with Gasteiger partial charge in [0.1, 0.15) is 11.4 Å². The van der Waals surface area contributed by atoms with Gasteiger partial charge in [-0.15, -0.1) is 11.3 Å². The molecule has 0 aliphatic carbocycles. The van der Waals surface area contributed by atoms with Crippen molar-refractivity contribution < 1.29 is 18.3 Å². The van der Waals surface area contributed by atoms with Crippen LogP contribution < -0.4 is 4.72 Å². The molecule has 0 aliphatic rings. The van der Waals surface area contributed by atoms with Crippen LogP contribution in [0.5, 0.6) is 0 Å². The number of carboxylic acid groups (broad SMARTS) is 1. The first-order valence-electron chi connectivity index (χ1n) is 6.05. The van der Waals surface area contributed by atoms with E-state index in [-0.39, 0.29) is 10.0 Å². The molecule has 0 bridgehead atoms. The molecule has 2 heterocycles. The van der Waals surface area contributed by atoms with Crippen LogP contribution in [0.3, 0.4) is 0 Å². The molecule has 8 nitrogen and oxygen atoms in total. The molecule has 21 heavy (non-hydrogen) atoms. The average Bonchev–Trinajstić information content (AvgIpc) is 2.95. The van der Waals surface area contributed by atoms with Crippen LogP contribution in [0.25, 0.3) is 0 Å². The second-order valence-electron chi connectivity index (χ2n) is 4.25. The van der Waals surface area contributed by atoms with E-state index >= 15 is 0 Å². The first-order valence-corrected chi connectivity index (χ1v) is 8.35. The van der Waals surface area contributed by atoms with Crippen LogP contribution in [0, 0.1) is 6.92 Å². The van der Waals surface area contributed by atoms with E-state index < -0.39 is 22.5 Å². The Labute approximate surface area is 125 Å². The predicted molar refractivity (Wildman–Crippen MR) is 76.9 cm³/mol. The summed E-state index contributed by atoms with van der Waals surface area (Å²) in [5.41, 5.74) is 0.847. The number of nitrogens with one attached hydrogen (secondary N) is 1. The lowest BCUT2D eigenvalue weighted by molar-refractivity contribution is -0.137. The number of carboxylic acids is 1. The highest BCUT2D eigenvalue weighted by atomic mass is 32.2. The Kier molecular flexibility index (Phi) is 4.28. The maximum absolute atomic E-state index is 12.2. The smallest absolute Gasteiger partial charge is 0.325 e. The molecule has 10 heteroatoms. The molecule has 2 aromatic rings. The van der Waals surface area contributed by atoms with Gasteiger partial charge in [-0.2, -0.15) is 5.10 Å². The summed E-state index contributed by atoms with van der Waals surface area (Å²) in [4.78, 5) is 15.6. The number of anilines is 1. The summed E-state index contributed by atoms with van der Waals surface area (Å²) in [7, 11) is -3.82. The lowest BCUT2D eigenvalue weighted by Crippen LogP contribution is -2.13. The molecule has 0 fully saturated rings. The minimum atomic E-state index is -3.82. The summed E-state index contributed by atoms with van der Waals surface area (Å²) in [6.45, 7) is 3.42. The predicted octanol–water partition coefficient (Wildman–Crippen LogP) is 1.10. The van der Waals surface area contributed by atoms with Gasteiger partial charge in [-0.25, -0.2) is 13.4 Å². The molecule has 2 aromatic heterocycles. The van der Waals surface area contributed by atoms with Gasteiger partial charge in [0, 0.05) is 11.1 Å². The van der Waals surface area contributed by atoms with E-state index in [2.05, 4.69) is 14.8 Å². The van der Waals surface area contributed by atoms with Crippen molar-refractivity contribution >= 4 is 32.5 Å². The van der Waals surface area contributed by atoms with Gasteiger partial charge in [0.2, 0.25) is 0 Å². The molecule has 0 radical (unpaired) electrons. The molecule has 2 rings (SSSR count). The average molecular weight is 330 g/mol. The van der Waals surface area contributed by atoms with Crippen LogP contribution in [-0.2, 0) is 27.8 Å². The number of sulfonamides is 1. The molecule has 0 atom stereocenters. The third-order valence-electron chi connectivity index (χ3n) is 2.67. The summed E-state index contributed by atoms with van der Waals surface area (Å²) in [6, 6.07) is 0. The Bertz CT molecular complexity index is 763. The van der Waals surface area contributed by atoms with Crippen molar-refractivity contribution in [2.45, 2.75) is 31.7 Å². The molecule has 114 valence electrons. The first kappa shape index (κ1) is 15.4. The molecule has 0 saturated carbocycles. The van der Waals surface area contributed by atoms with E-state index in [4.69, 9.17) is 5.11 Å². The number of rotatable bonds is 6. The first-order chi connectivity index (χ1) is 9.81. The standard InChI is InChI=1S/C11H14N4O4S2/c1-3-9-7(2)20-11(13-9)14-21(18,19)8-4-12-15(5-8)6-10(16)17/h4-5H,3,6H2,1-2H3,(H,13,14)(H,16,17). The molecule has 0 saturated heterocycles. The zero-order chi connectivity index (χ0) is 15.6. The van der Waals surface area contributed by atoms with E-state index in [0.29, 0.717) is 0 Å². The van der Waals surface area contributed by atoms with Gasteiger partial charge in [-0.05, 0) is 13.3 Å². The molecular weight excluding hydrogens is 316 g/mol. The zero-order valence-electron chi connectivity index (χ0n) is 11.4. The summed E-state index contributed by atoms with van der Waals surface area (Å²) in [5.74, 6) is -1.10. The van der Waals surface area contributed by atoms with Crippen molar-refractivity contribution in [3.05, 3.63) is 23.0 Å². The Morgan fingerprint density at radius 3 is 2.81 bits per heavy atom. The van der Waals surface area contributed by atoms with Gasteiger partial charge in [-0.3, -0.25) is 14.2 Å². The quantitative estimate of drug-likeness (QED) is 0.819.